The van der Waals surface area contributed by atoms with Crippen LogP contribution >= 0.6 is 0 Å². The van der Waals surface area contributed by atoms with Crippen molar-refractivity contribution in [3.63, 3.8) is 0 Å². The van der Waals surface area contributed by atoms with Crippen LogP contribution < -0.4 is 5.48 Å². The standard InChI is InChI=1S/C11H12N4O3/c1-2-10(16)14-18-7-8-5-3-4-6-9(8)11(17)13-15-12/h3-6H,2,7H2,1H3,(H,14,16). The number of carbonyl (C=O) groups is 2. The first kappa shape index (κ1) is 13.7. The van der Waals surface area contributed by atoms with Crippen LogP contribution in [0.25, 0.3) is 10.4 Å². The number of hydroxylamine groups is 1. The third-order valence-electron chi connectivity index (χ3n) is 2.12. The van der Waals surface area contributed by atoms with E-state index in [2.05, 4.69) is 15.5 Å². The van der Waals surface area contributed by atoms with Crippen molar-refractivity contribution in [1.29, 1.82) is 0 Å². The molecule has 0 aromatic heterocycles. The molecule has 0 atom stereocenters. The van der Waals surface area contributed by atoms with E-state index in [1.807, 2.05) is 0 Å². The van der Waals surface area contributed by atoms with E-state index >= 15 is 0 Å². The zero-order valence-corrected chi connectivity index (χ0v) is 9.79. The van der Waals surface area contributed by atoms with Crippen LogP contribution in [0.3, 0.4) is 0 Å². The maximum Gasteiger partial charge on any atom is 0.249 e. The molecule has 1 N–H and O–H groups in total. The molecule has 0 saturated carbocycles. The summed E-state index contributed by atoms with van der Waals surface area (Å²) in [5, 5.41) is 3.01. The van der Waals surface area contributed by atoms with Crippen molar-refractivity contribution in [3.8, 4) is 0 Å². The molecule has 1 aromatic rings. The predicted octanol–water partition coefficient (Wildman–Crippen LogP) is 2.09. The lowest BCUT2D eigenvalue weighted by molar-refractivity contribution is -0.134. The van der Waals surface area contributed by atoms with Crippen LogP contribution in [-0.2, 0) is 16.2 Å². The van der Waals surface area contributed by atoms with E-state index in [0.29, 0.717) is 12.0 Å². The van der Waals surface area contributed by atoms with Gasteiger partial charge in [-0.1, -0.05) is 31.2 Å². The molecule has 1 rings (SSSR count). The van der Waals surface area contributed by atoms with Crippen LogP contribution in [-0.4, -0.2) is 11.8 Å². The number of nitrogens with one attached hydrogen (secondary N) is 1. The highest BCUT2D eigenvalue weighted by molar-refractivity contribution is 5.96. The predicted molar refractivity (Wildman–Crippen MR) is 63.1 cm³/mol. The van der Waals surface area contributed by atoms with Crippen LogP contribution in [0.2, 0.25) is 0 Å². The Morgan fingerprint density at radius 2 is 2.17 bits per heavy atom. The van der Waals surface area contributed by atoms with E-state index in [9.17, 15) is 9.59 Å². The van der Waals surface area contributed by atoms with E-state index in [0.717, 1.165) is 0 Å². The van der Waals surface area contributed by atoms with Crippen LogP contribution in [0.15, 0.2) is 29.4 Å². The fourth-order valence-electron chi connectivity index (χ4n) is 1.22. The van der Waals surface area contributed by atoms with Crippen molar-refractivity contribution in [2.75, 3.05) is 0 Å². The molecular weight excluding hydrogens is 236 g/mol. The molecule has 2 amide bonds. The highest BCUT2D eigenvalue weighted by Gasteiger charge is 2.09. The Bertz CT molecular complexity index is 495. The minimum absolute atomic E-state index is 0.0224. The summed E-state index contributed by atoms with van der Waals surface area (Å²) in [6.45, 7) is 1.71. The van der Waals surface area contributed by atoms with Gasteiger partial charge in [0, 0.05) is 16.9 Å². The fourth-order valence-corrected chi connectivity index (χ4v) is 1.22. The van der Waals surface area contributed by atoms with E-state index < -0.39 is 5.91 Å². The van der Waals surface area contributed by atoms with E-state index in [1.54, 1.807) is 25.1 Å². The first-order valence-corrected chi connectivity index (χ1v) is 5.27. The van der Waals surface area contributed by atoms with Gasteiger partial charge in [0.2, 0.25) is 11.8 Å². The molecule has 7 heteroatoms. The summed E-state index contributed by atoms with van der Waals surface area (Å²) in [6, 6.07) is 6.54. The minimum Gasteiger partial charge on any atom is -0.287 e. The molecule has 1 aromatic carbocycles. The third-order valence-corrected chi connectivity index (χ3v) is 2.12. The second-order valence-electron chi connectivity index (χ2n) is 3.32. The van der Waals surface area contributed by atoms with Crippen molar-refractivity contribution in [3.05, 3.63) is 45.8 Å². The molecule has 0 saturated heterocycles. The van der Waals surface area contributed by atoms with Crippen molar-refractivity contribution in [2.45, 2.75) is 20.0 Å². The number of hydrogen-bond acceptors (Lipinski definition) is 3. The van der Waals surface area contributed by atoms with Crippen molar-refractivity contribution in [1.82, 2.24) is 5.48 Å². The number of carbonyl (C=O) groups excluding carboxylic acids is 2. The zero-order chi connectivity index (χ0) is 13.4. The molecule has 0 unspecified atom stereocenters. The maximum atomic E-state index is 11.5. The lowest BCUT2D eigenvalue weighted by atomic mass is 10.1. The average Bonchev–Trinajstić information content (AvgIpc) is 2.39. The van der Waals surface area contributed by atoms with E-state index in [1.165, 1.54) is 6.07 Å². The van der Waals surface area contributed by atoms with Gasteiger partial charge in [-0.25, -0.2) is 5.48 Å². The first-order valence-electron chi connectivity index (χ1n) is 5.27. The molecule has 0 aliphatic heterocycles. The van der Waals surface area contributed by atoms with Crippen LogP contribution in [0.5, 0.6) is 0 Å². The van der Waals surface area contributed by atoms with Gasteiger partial charge in [0.05, 0.1) is 0 Å². The number of rotatable bonds is 5. The van der Waals surface area contributed by atoms with Gasteiger partial charge in [-0.05, 0) is 16.2 Å². The average molecular weight is 248 g/mol. The van der Waals surface area contributed by atoms with Crippen LogP contribution in [0.1, 0.15) is 29.3 Å². The largest absolute Gasteiger partial charge is 0.287 e. The highest BCUT2D eigenvalue weighted by Crippen LogP contribution is 2.11. The van der Waals surface area contributed by atoms with Gasteiger partial charge >= 0.3 is 0 Å². The SMILES string of the molecule is CCC(=O)NOCc1ccccc1C(=O)N=[N+]=[N-]. The van der Waals surface area contributed by atoms with Gasteiger partial charge in [0.1, 0.15) is 6.61 Å². The summed E-state index contributed by atoms with van der Waals surface area (Å²) < 4.78 is 0. The van der Waals surface area contributed by atoms with Gasteiger partial charge in [-0.15, -0.1) is 0 Å². The smallest absolute Gasteiger partial charge is 0.249 e. The molecule has 0 bridgehead atoms. The van der Waals surface area contributed by atoms with Crippen LogP contribution in [0, 0.1) is 0 Å². The number of azide groups is 1. The molecule has 0 radical (unpaired) electrons. The van der Waals surface area contributed by atoms with Gasteiger partial charge in [0.15, 0.2) is 0 Å². The molecule has 18 heavy (non-hydrogen) atoms. The Balaban J connectivity index is 2.73. The highest BCUT2D eigenvalue weighted by atomic mass is 16.6. The topological polar surface area (TPSA) is 104 Å². The molecule has 0 heterocycles. The molecule has 0 aliphatic rings. The molecule has 94 valence electrons. The summed E-state index contributed by atoms with van der Waals surface area (Å²) >= 11 is 0. The summed E-state index contributed by atoms with van der Waals surface area (Å²) in [4.78, 5) is 29.8. The van der Waals surface area contributed by atoms with Gasteiger partial charge < -0.3 is 0 Å². The third kappa shape index (κ3) is 3.89. The van der Waals surface area contributed by atoms with Gasteiger partial charge in [-0.2, -0.15) is 0 Å². The lowest BCUT2D eigenvalue weighted by Crippen LogP contribution is -2.22. The van der Waals surface area contributed by atoms with Crippen molar-refractivity contribution >= 4 is 11.8 Å². The van der Waals surface area contributed by atoms with Crippen LogP contribution in [0.4, 0.5) is 0 Å². The monoisotopic (exact) mass is 248 g/mol. The van der Waals surface area contributed by atoms with Crippen molar-refractivity contribution in [2.24, 2.45) is 5.11 Å². The molecule has 0 aliphatic carbocycles. The maximum absolute atomic E-state index is 11.5. The Morgan fingerprint density at radius 1 is 1.44 bits per heavy atom. The normalized spacial score (nSPS) is 9.39. The summed E-state index contributed by atoms with van der Waals surface area (Å²) in [5.74, 6) is -0.938. The molecule has 7 nitrogen and oxygen atoms in total. The summed E-state index contributed by atoms with van der Waals surface area (Å²) in [6.07, 6.45) is 0.305. The second kappa shape index (κ2) is 7.05. The second-order valence-corrected chi connectivity index (χ2v) is 3.32. The summed E-state index contributed by atoms with van der Waals surface area (Å²) in [5.41, 5.74) is 11.2. The Hall–Kier alpha value is -2.37. The Morgan fingerprint density at radius 3 is 2.83 bits per heavy atom. The number of amides is 2. The molecular formula is C11H12N4O3. The molecule has 0 spiro atoms. The number of hydrogen-bond donors (Lipinski definition) is 1. The first-order chi connectivity index (χ1) is 8.69. The fraction of sp³-hybridized carbons (Fsp3) is 0.273. The Kier molecular flexibility index (Phi) is 5.37. The zero-order valence-electron chi connectivity index (χ0n) is 9.79. The summed E-state index contributed by atoms with van der Waals surface area (Å²) in [7, 11) is 0. The lowest BCUT2D eigenvalue weighted by Gasteiger charge is -2.07. The van der Waals surface area contributed by atoms with E-state index in [-0.39, 0.29) is 18.1 Å². The minimum atomic E-state index is -0.682. The molecule has 0 fully saturated rings. The van der Waals surface area contributed by atoms with Gasteiger partial charge in [0.25, 0.3) is 0 Å². The number of nitrogens with zero attached hydrogens (tertiary/aromatic N) is 3. The number of benzene rings is 1. The quantitative estimate of drug-likeness (QED) is 0.373. The van der Waals surface area contributed by atoms with Crippen molar-refractivity contribution < 1.29 is 14.4 Å². The Labute approximate surface area is 103 Å². The van der Waals surface area contributed by atoms with E-state index in [4.69, 9.17) is 10.4 Å². The van der Waals surface area contributed by atoms with Gasteiger partial charge in [-0.3, -0.25) is 14.4 Å².